The molecule has 3 saturated carbocycles. The highest BCUT2D eigenvalue weighted by Crippen LogP contribution is 2.70. The zero-order valence-electron chi connectivity index (χ0n) is 42.8. The SMILES string of the molecule is CO[C@]1(CC[C@H](C)CO[C@H]2O[C@@H](CO)[C@H](O)[C@@H](O)[C@@H]2O)O[C@@H]2C[C@@H]3[C@H]4CC=C5C[C@H](O[C@@H]6O[C@H](CO)[C@@H](O[C@H]7O[C@H](CO)[C@@H](O)[C@@H]7O)[C@H](O[C@H]7O[C@H](C)[C@@H](O)[C@H](O)[C@@H]7O)[C@H]6O)CC[C@@]5(C)[C@@H]4CC[C@@]3(C)[C@@H]2[C@H]1C. The van der Waals surface area contributed by atoms with Gasteiger partial charge in [0.2, 0.25) is 0 Å². The number of allylic oxidation sites excluding steroid dienone is 1. The summed E-state index contributed by atoms with van der Waals surface area (Å²) in [5.74, 6) is 0.933. The molecule has 8 fully saturated rings. The summed E-state index contributed by atoms with van der Waals surface area (Å²) in [7, 11) is 1.72. The van der Waals surface area contributed by atoms with E-state index < -0.39 is 148 Å². The molecule has 5 heterocycles. The minimum Gasteiger partial charge on any atom is -0.394 e. The van der Waals surface area contributed by atoms with E-state index in [1.807, 2.05) is 6.92 Å². The van der Waals surface area contributed by atoms with Crippen molar-refractivity contribution in [2.24, 2.45) is 46.3 Å². The monoisotopic (exact) mass is 1050 g/mol. The molecule has 0 unspecified atom stereocenters. The highest BCUT2D eigenvalue weighted by molar-refractivity contribution is 5.26. The van der Waals surface area contributed by atoms with E-state index in [0.717, 1.165) is 32.1 Å². The average molecular weight is 1050 g/mol. The quantitative estimate of drug-likeness (QED) is 0.0766. The first-order chi connectivity index (χ1) is 34.6. The third kappa shape index (κ3) is 10.0. The van der Waals surface area contributed by atoms with Crippen LogP contribution in [0.25, 0.3) is 0 Å². The Balaban J connectivity index is 0.841. The number of hydrogen-bond donors (Lipinski definition) is 12. The minimum atomic E-state index is -1.76. The van der Waals surface area contributed by atoms with Crippen LogP contribution in [0.5, 0.6) is 0 Å². The summed E-state index contributed by atoms with van der Waals surface area (Å²) >= 11 is 0. The van der Waals surface area contributed by atoms with E-state index in [1.165, 1.54) is 12.5 Å². The third-order valence-electron chi connectivity index (χ3n) is 19.5. The number of hydrogen-bond acceptors (Lipinski definition) is 22. The third-order valence-corrected chi connectivity index (χ3v) is 19.5. The molecule has 0 aromatic carbocycles. The van der Waals surface area contributed by atoms with Crippen LogP contribution in [-0.4, -0.2) is 230 Å². The molecule has 0 aromatic heterocycles. The van der Waals surface area contributed by atoms with Gasteiger partial charge in [0.05, 0.1) is 44.7 Å². The Kier molecular flexibility index (Phi) is 17.2. The van der Waals surface area contributed by atoms with Gasteiger partial charge in [0.15, 0.2) is 30.9 Å². The summed E-state index contributed by atoms with van der Waals surface area (Å²) in [6, 6.07) is 0. The number of rotatable bonds is 16. The largest absolute Gasteiger partial charge is 0.394 e. The van der Waals surface area contributed by atoms with E-state index in [4.69, 9.17) is 47.4 Å². The molecule has 0 spiro atoms. The van der Waals surface area contributed by atoms with Gasteiger partial charge < -0.3 is 109 Å². The van der Waals surface area contributed by atoms with E-state index >= 15 is 0 Å². The topological polar surface area (TPSA) is 335 Å². The lowest BCUT2D eigenvalue weighted by molar-refractivity contribution is -0.376. The van der Waals surface area contributed by atoms with Gasteiger partial charge in [-0.2, -0.15) is 0 Å². The summed E-state index contributed by atoms with van der Waals surface area (Å²) < 4.78 is 61.1. The number of methoxy groups -OCH3 is 1. The van der Waals surface area contributed by atoms with Gasteiger partial charge in [-0.15, -0.1) is 0 Å². The highest BCUT2D eigenvalue weighted by atomic mass is 16.8. The number of aliphatic hydroxyl groups excluding tert-OH is 12. The Morgan fingerprint density at radius 3 is 1.93 bits per heavy atom. The fourth-order valence-corrected chi connectivity index (χ4v) is 15.1. The Morgan fingerprint density at radius 2 is 1.25 bits per heavy atom. The first-order valence-electron chi connectivity index (χ1n) is 26.7. The molecule has 5 saturated heterocycles. The molecule has 12 N–H and O–H groups in total. The fraction of sp³-hybridized carbons (Fsp3) is 0.961. The van der Waals surface area contributed by atoms with Gasteiger partial charge >= 0.3 is 0 Å². The maximum atomic E-state index is 12.0. The van der Waals surface area contributed by atoms with Crippen LogP contribution in [0.1, 0.15) is 92.4 Å². The van der Waals surface area contributed by atoms with Crippen molar-refractivity contribution in [3.8, 4) is 0 Å². The fourth-order valence-electron chi connectivity index (χ4n) is 15.1. The predicted octanol–water partition coefficient (Wildman–Crippen LogP) is -1.71. The van der Waals surface area contributed by atoms with E-state index in [0.29, 0.717) is 43.4 Å². The molecular weight excluding hydrogens is 965 g/mol. The summed E-state index contributed by atoms with van der Waals surface area (Å²) in [6.45, 7) is 8.97. The van der Waals surface area contributed by atoms with Crippen molar-refractivity contribution in [2.75, 3.05) is 33.5 Å². The van der Waals surface area contributed by atoms with E-state index in [2.05, 4.69) is 26.8 Å². The zero-order chi connectivity index (χ0) is 52.6. The number of ether oxygens (including phenoxy) is 10. The smallest absolute Gasteiger partial charge is 0.187 e. The lowest BCUT2D eigenvalue weighted by atomic mass is 9.47. The molecule has 9 rings (SSSR count). The van der Waals surface area contributed by atoms with Crippen LogP contribution in [-0.2, 0) is 47.4 Å². The summed E-state index contributed by atoms with van der Waals surface area (Å²) in [4.78, 5) is 0. The van der Waals surface area contributed by atoms with Crippen LogP contribution in [0, 0.1) is 46.3 Å². The second-order valence-corrected chi connectivity index (χ2v) is 23.5. The van der Waals surface area contributed by atoms with Crippen LogP contribution in [0.3, 0.4) is 0 Å². The first kappa shape index (κ1) is 56.6. The Bertz CT molecular complexity index is 1880. The van der Waals surface area contributed by atoms with Crippen molar-refractivity contribution in [3.63, 3.8) is 0 Å². The van der Waals surface area contributed by atoms with Gasteiger partial charge in [-0.3, -0.25) is 0 Å². The van der Waals surface area contributed by atoms with Crippen LogP contribution < -0.4 is 0 Å². The average Bonchev–Trinajstić information content (AvgIpc) is 3.95. The number of aliphatic hydroxyl groups is 12. The Labute approximate surface area is 426 Å². The van der Waals surface area contributed by atoms with Crippen LogP contribution in [0.15, 0.2) is 11.6 Å². The standard InChI is InChI=1S/C51H84O22/c1-21(20-65-45-40(61)38(59)35(56)30(17-52)68-45)9-14-51(64-6)22(2)33-29(73-51)16-28-26-8-7-24-15-25(10-12-49(24,4)27(26)11-13-50(28,33)5)67-48-42(63)44(72-46-41(62)37(58)34(55)23(3)66-46)43(32(19-54)70-48)71-47-39(60)36(57)31(18-53)69-47/h7,21-23,25-48,52-63H,8-20H2,1-6H3/t21-,22+,23+,25+,26-,27+,28+,29+,30-,31+,32+,33+,34+,35-,36+,37-,38+,39-,40-,41-,42+,43+,44+,45-,46+,47+,48+,49+,50+,51+/m0/s1. The predicted molar refractivity (Wildman–Crippen MR) is 249 cm³/mol. The van der Waals surface area contributed by atoms with Gasteiger partial charge in [0, 0.05) is 19.4 Å². The lowest BCUT2D eigenvalue weighted by Gasteiger charge is -2.58. The maximum absolute atomic E-state index is 12.0. The lowest BCUT2D eigenvalue weighted by Crippen LogP contribution is -2.65. The molecule has 4 aliphatic carbocycles. The maximum Gasteiger partial charge on any atom is 0.187 e. The molecule has 0 aromatic rings. The summed E-state index contributed by atoms with van der Waals surface area (Å²) in [5.41, 5.74) is 1.22. The van der Waals surface area contributed by atoms with Crippen molar-refractivity contribution >= 4 is 0 Å². The second-order valence-electron chi connectivity index (χ2n) is 23.5. The Morgan fingerprint density at radius 1 is 0.658 bits per heavy atom. The molecule has 5 aliphatic heterocycles. The van der Waals surface area contributed by atoms with Crippen molar-refractivity contribution < 1.29 is 109 Å². The van der Waals surface area contributed by atoms with Gasteiger partial charge in [0.1, 0.15) is 85.5 Å². The molecule has 0 amide bonds. The molecule has 22 heteroatoms. The molecule has 30 atom stereocenters. The van der Waals surface area contributed by atoms with E-state index in [9.17, 15) is 61.3 Å². The number of fused-ring (bicyclic) bond motifs is 7. The van der Waals surface area contributed by atoms with Crippen LogP contribution in [0.2, 0.25) is 0 Å². The molecule has 73 heavy (non-hydrogen) atoms. The van der Waals surface area contributed by atoms with E-state index in [-0.39, 0.29) is 41.3 Å². The van der Waals surface area contributed by atoms with Crippen LogP contribution in [0.4, 0.5) is 0 Å². The van der Waals surface area contributed by atoms with Crippen LogP contribution >= 0.6 is 0 Å². The van der Waals surface area contributed by atoms with Gasteiger partial charge in [-0.25, -0.2) is 0 Å². The molecule has 0 radical (unpaired) electrons. The molecule has 9 aliphatic rings. The second kappa shape index (κ2) is 22.2. The van der Waals surface area contributed by atoms with Crippen molar-refractivity contribution in [2.45, 2.75) is 227 Å². The molecule has 0 bridgehead atoms. The van der Waals surface area contributed by atoms with Crippen molar-refractivity contribution in [1.29, 1.82) is 0 Å². The Hall–Kier alpha value is -1.14. The van der Waals surface area contributed by atoms with Gasteiger partial charge in [-0.1, -0.05) is 39.3 Å². The zero-order valence-corrected chi connectivity index (χ0v) is 42.8. The van der Waals surface area contributed by atoms with Gasteiger partial charge in [0.25, 0.3) is 0 Å². The highest BCUT2D eigenvalue weighted by Gasteiger charge is 2.68. The van der Waals surface area contributed by atoms with Crippen molar-refractivity contribution in [3.05, 3.63) is 11.6 Å². The summed E-state index contributed by atoms with van der Waals surface area (Å²) in [5, 5.41) is 126. The van der Waals surface area contributed by atoms with Gasteiger partial charge in [-0.05, 0) is 98.7 Å². The van der Waals surface area contributed by atoms with Crippen molar-refractivity contribution in [1.82, 2.24) is 0 Å². The molecule has 420 valence electrons. The molecule has 22 nitrogen and oxygen atoms in total. The normalized spacial score (nSPS) is 54.3. The first-order valence-corrected chi connectivity index (χ1v) is 26.7. The van der Waals surface area contributed by atoms with E-state index in [1.54, 1.807) is 7.11 Å². The summed E-state index contributed by atoms with van der Waals surface area (Å²) in [6.07, 6.45) is -17.9. The minimum absolute atomic E-state index is 0.00783. The molecular formula is C51H84O22.